The molecule has 0 saturated carbocycles. The summed E-state index contributed by atoms with van der Waals surface area (Å²) < 4.78 is 17.7. The topological polar surface area (TPSA) is 27.7 Å². The van der Waals surface area contributed by atoms with Crippen molar-refractivity contribution < 1.29 is 14.2 Å². The summed E-state index contributed by atoms with van der Waals surface area (Å²) in [5, 5.41) is 0. The van der Waals surface area contributed by atoms with Crippen molar-refractivity contribution in [2.45, 2.75) is 13.3 Å². The molecule has 0 amide bonds. The summed E-state index contributed by atoms with van der Waals surface area (Å²) in [4.78, 5) is 0. The van der Waals surface area contributed by atoms with Gasteiger partial charge in [0.25, 0.3) is 0 Å². The molecule has 0 bridgehead atoms. The molecular weight excluding hydrogens is 332 g/mol. The Bertz CT molecular complexity index is 584. The third kappa shape index (κ3) is 4.67. The molecule has 112 valence electrons. The second-order valence-electron chi connectivity index (χ2n) is 4.49. The molecule has 0 radical (unpaired) electrons. The number of aryl methyl sites for hydroxylation is 1. The van der Waals surface area contributed by atoms with Crippen LogP contribution >= 0.6 is 15.9 Å². The van der Waals surface area contributed by atoms with Crippen LogP contribution in [0.4, 0.5) is 0 Å². The molecule has 0 aliphatic rings. The standard InChI is InChI=1S/C17H19BrO3/c1-3-13-7-8-16(17(11-13)19-2)21-10-9-20-15-6-4-5-14(18)12-15/h4-8,11-12H,3,9-10H2,1-2H3. The first-order valence-corrected chi connectivity index (χ1v) is 7.70. The SMILES string of the molecule is CCc1ccc(OCCOc2cccc(Br)c2)c(OC)c1. The van der Waals surface area contributed by atoms with Crippen LogP contribution in [-0.2, 0) is 6.42 Å². The molecule has 2 aromatic rings. The first-order chi connectivity index (χ1) is 10.2. The van der Waals surface area contributed by atoms with Crippen LogP contribution in [0.5, 0.6) is 17.2 Å². The molecule has 3 nitrogen and oxygen atoms in total. The van der Waals surface area contributed by atoms with E-state index < -0.39 is 0 Å². The second kappa shape index (κ2) is 7.93. The summed E-state index contributed by atoms with van der Waals surface area (Å²) in [6.45, 7) is 3.06. The van der Waals surface area contributed by atoms with Gasteiger partial charge < -0.3 is 14.2 Å². The van der Waals surface area contributed by atoms with Crippen LogP contribution in [0, 0.1) is 0 Å². The van der Waals surface area contributed by atoms with Crippen LogP contribution in [0.3, 0.4) is 0 Å². The lowest BCUT2D eigenvalue weighted by Gasteiger charge is -2.12. The zero-order valence-corrected chi connectivity index (χ0v) is 13.9. The molecule has 0 fully saturated rings. The number of rotatable bonds is 7. The first-order valence-electron chi connectivity index (χ1n) is 6.91. The molecule has 2 aromatic carbocycles. The minimum Gasteiger partial charge on any atom is -0.493 e. The average molecular weight is 351 g/mol. The van der Waals surface area contributed by atoms with Gasteiger partial charge in [-0.25, -0.2) is 0 Å². The van der Waals surface area contributed by atoms with Crippen LogP contribution in [-0.4, -0.2) is 20.3 Å². The maximum atomic E-state index is 5.72. The smallest absolute Gasteiger partial charge is 0.161 e. The lowest BCUT2D eigenvalue weighted by Crippen LogP contribution is -2.09. The quantitative estimate of drug-likeness (QED) is 0.689. The van der Waals surface area contributed by atoms with Gasteiger partial charge in [-0.2, -0.15) is 0 Å². The van der Waals surface area contributed by atoms with Gasteiger partial charge in [-0.3, -0.25) is 0 Å². The van der Waals surface area contributed by atoms with Gasteiger partial charge >= 0.3 is 0 Å². The molecule has 0 unspecified atom stereocenters. The third-order valence-electron chi connectivity index (χ3n) is 3.04. The van der Waals surface area contributed by atoms with E-state index in [0.29, 0.717) is 13.2 Å². The van der Waals surface area contributed by atoms with Gasteiger partial charge in [0.05, 0.1) is 7.11 Å². The van der Waals surface area contributed by atoms with Gasteiger partial charge in [-0.05, 0) is 42.3 Å². The van der Waals surface area contributed by atoms with Crippen LogP contribution < -0.4 is 14.2 Å². The predicted octanol–water partition coefficient (Wildman–Crippen LogP) is 4.48. The lowest BCUT2D eigenvalue weighted by atomic mass is 10.1. The van der Waals surface area contributed by atoms with E-state index in [1.807, 2.05) is 42.5 Å². The van der Waals surface area contributed by atoms with E-state index in [2.05, 4.69) is 22.9 Å². The molecule has 21 heavy (non-hydrogen) atoms. The molecule has 0 heterocycles. The van der Waals surface area contributed by atoms with E-state index in [1.165, 1.54) is 5.56 Å². The van der Waals surface area contributed by atoms with E-state index in [0.717, 1.165) is 28.1 Å². The molecule has 0 N–H and O–H groups in total. The fourth-order valence-electron chi connectivity index (χ4n) is 1.92. The van der Waals surface area contributed by atoms with Crippen molar-refractivity contribution in [3.63, 3.8) is 0 Å². The minimum absolute atomic E-state index is 0.467. The summed E-state index contributed by atoms with van der Waals surface area (Å²) in [6, 6.07) is 13.7. The summed E-state index contributed by atoms with van der Waals surface area (Å²) in [5.74, 6) is 2.32. The molecule has 0 atom stereocenters. The van der Waals surface area contributed by atoms with Crippen molar-refractivity contribution in [2.24, 2.45) is 0 Å². The first kappa shape index (κ1) is 15.7. The van der Waals surface area contributed by atoms with Crippen LogP contribution in [0.2, 0.25) is 0 Å². The van der Waals surface area contributed by atoms with Crippen molar-refractivity contribution in [1.29, 1.82) is 0 Å². The zero-order valence-electron chi connectivity index (χ0n) is 12.3. The predicted molar refractivity (Wildman–Crippen MR) is 87.5 cm³/mol. The highest BCUT2D eigenvalue weighted by molar-refractivity contribution is 9.10. The number of hydrogen-bond donors (Lipinski definition) is 0. The van der Waals surface area contributed by atoms with Crippen LogP contribution in [0.1, 0.15) is 12.5 Å². The Kier molecular flexibility index (Phi) is 5.93. The van der Waals surface area contributed by atoms with Crippen molar-refractivity contribution in [3.8, 4) is 17.2 Å². The Balaban J connectivity index is 1.86. The monoisotopic (exact) mass is 350 g/mol. The molecule has 0 saturated heterocycles. The maximum Gasteiger partial charge on any atom is 0.161 e. The number of halogens is 1. The molecule has 4 heteroatoms. The summed E-state index contributed by atoms with van der Waals surface area (Å²) in [5.41, 5.74) is 1.23. The van der Waals surface area contributed by atoms with Crippen molar-refractivity contribution in [1.82, 2.24) is 0 Å². The second-order valence-corrected chi connectivity index (χ2v) is 5.41. The van der Waals surface area contributed by atoms with Crippen molar-refractivity contribution in [2.75, 3.05) is 20.3 Å². The summed E-state index contributed by atoms with van der Waals surface area (Å²) >= 11 is 3.41. The lowest BCUT2D eigenvalue weighted by molar-refractivity contribution is 0.211. The fourth-order valence-corrected chi connectivity index (χ4v) is 2.30. The molecular formula is C17H19BrO3. The molecule has 0 aliphatic heterocycles. The van der Waals surface area contributed by atoms with Gasteiger partial charge in [-0.1, -0.05) is 35.0 Å². The fraction of sp³-hybridized carbons (Fsp3) is 0.294. The average Bonchev–Trinajstić information content (AvgIpc) is 2.51. The van der Waals surface area contributed by atoms with E-state index in [-0.39, 0.29) is 0 Å². The largest absolute Gasteiger partial charge is 0.493 e. The molecule has 0 aliphatic carbocycles. The Morgan fingerprint density at radius 2 is 1.76 bits per heavy atom. The highest BCUT2D eigenvalue weighted by atomic mass is 79.9. The molecule has 2 rings (SSSR count). The van der Waals surface area contributed by atoms with Gasteiger partial charge in [0.2, 0.25) is 0 Å². The van der Waals surface area contributed by atoms with E-state index >= 15 is 0 Å². The Morgan fingerprint density at radius 1 is 0.952 bits per heavy atom. The Labute approximate surface area is 134 Å². The maximum absolute atomic E-state index is 5.72. The number of benzene rings is 2. The molecule has 0 spiro atoms. The van der Waals surface area contributed by atoms with Gasteiger partial charge in [0.15, 0.2) is 11.5 Å². The van der Waals surface area contributed by atoms with Gasteiger partial charge in [0, 0.05) is 4.47 Å². The van der Waals surface area contributed by atoms with Crippen molar-refractivity contribution in [3.05, 3.63) is 52.5 Å². The summed E-state index contributed by atoms with van der Waals surface area (Å²) in [6.07, 6.45) is 0.975. The minimum atomic E-state index is 0.467. The van der Waals surface area contributed by atoms with Gasteiger partial charge in [-0.15, -0.1) is 0 Å². The van der Waals surface area contributed by atoms with E-state index in [4.69, 9.17) is 14.2 Å². The van der Waals surface area contributed by atoms with Crippen LogP contribution in [0.25, 0.3) is 0 Å². The van der Waals surface area contributed by atoms with Gasteiger partial charge in [0.1, 0.15) is 19.0 Å². The van der Waals surface area contributed by atoms with E-state index in [9.17, 15) is 0 Å². The molecule has 0 aromatic heterocycles. The highest BCUT2D eigenvalue weighted by Gasteiger charge is 2.05. The van der Waals surface area contributed by atoms with Crippen molar-refractivity contribution >= 4 is 15.9 Å². The number of ether oxygens (including phenoxy) is 3. The van der Waals surface area contributed by atoms with Crippen LogP contribution in [0.15, 0.2) is 46.9 Å². The number of hydrogen-bond acceptors (Lipinski definition) is 3. The Hall–Kier alpha value is -1.68. The Morgan fingerprint density at radius 3 is 2.48 bits per heavy atom. The van der Waals surface area contributed by atoms with E-state index in [1.54, 1.807) is 7.11 Å². The highest BCUT2D eigenvalue weighted by Crippen LogP contribution is 2.28. The third-order valence-corrected chi connectivity index (χ3v) is 3.54. The zero-order chi connectivity index (χ0) is 15.1. The summed E-state index contributed by atoms with van der Waals surface area (Å²) in [7, 11) is 1.65. The number of methoxy groups -OCH3 is 1. The normalized spacial score (nSPS) is 10.2.